The molecular weight excluding hydrogens is 454 g/mol. The molecule has 34 heavy (non-hydrogen) atoms. The Balaban J connectivity index is 1.34. The number of rotatable bonds is 7. The number of carbonyl (C=O) groups excluding carboxylic acids is 2. The third-order valence-electron chi connectivity index (χ3n) is 5.51. The van der Waals surface area contributed by atoms with Crippen LogP contribution in [0.25, 0.3) is 11.3 Å². The molecule has 2 amide bonds. The van der Waals surface area contributed by atoms with Crippen molar-refractivity contribution in [2.75, 3.05) is 44.7 Å². The number of anilines is 2. The zero-order chi connectivity index (χ0) is 23.9. The molecule has 2 aromatic carbocycles. The van der Waals surface area contributed by atoms with Crippen LogP contribution in [0.4, 0.5) is 11.6 Å². The van der Waals surface area contributed by atoms with Crippen molar-refractivity contribution in [2.24, 2.45) is 5.73 Å². The fraction of sp³-hybridized carbons (Fsp3) is 0.250. The molecule has 1 fully saturated rings. The third kappa shape index (κ3) is 6.07. The normalized spacial score (nSPS) is 14.0. The fourth-order valence-electron chi connectivity index (χ4n) is 3.69. The van der Waals surface area contributed by atoms with Crippen LogP contribution >= 0.6 is 11.6 Å². The highest BCUT2D eigenvalue weighted by atomic mass is 35.5. The lowest BCUT2D eigenvalue weighted by Crippen LogP contribution is -2.51. The molecule has 0 atom stereocenters. The summed E-state index contributed by atoms with van der Waals surface area (Å²) in [7, 11) is 0. The van der Waals surface area contributed by atoms with Crippen molar-refractivity contribution >= 4 is 35.1 Å². The van der Waals surface area contributed by atoms with Gasteiger partial charge in [-0.3, -0.25) is 14.5 Å². The first-order chi connectivity index (χ1) is 16.5. The van der Waals surface area contributed by atoms with Crippen LogP contribution < -0.4 is 16.4 Å². The Morgan fingerprint density at radius 2 is 1.68 bits per heavy atom. The molecule has 4 rings (SSSR count). The summed E-state index contributed by atoms with van der Waals surface area (Å²) in [5.41, 5.74) is 8.44. The molecule has 176 valence electrons. The highest BCUT2D eigenvalue weighted by Gasteiger charge is 2.23. The van der Waals surface area contributed by atoms with E-state index in [-0.39, 0.29) is 18.5 Å². The van der Waals surface area contributed by atoms with Crippen molar-refractivity contribution in [1.82, 2.24) is 25.1 Å². The van der Waals surface area contributed by atoms with Crippen molar-refractivity contribution in [3.8, 4) is 11.3 Å². The highest BCUT2D eigenvalue weighted by molar-refractivity contribution is 6.30. The zero-order valence-electron chi connectivity index (χ0n) is 18.6. The third-order valence-corrected chi connectivity index (χ3v) is 5.76. The first-order valence-corrected chi connectivity index (χ1v) is 11.3. The van der Waals surface area contributed by atoms with Gasteiger partial charge in [0.05, 0.1) is 18.9 Å². The lowest BCUT2D eigenvalue weighted by molar-refractivity contribution is -0.122. The summed E-state index contributed by atoms with van der Waals surface area (Å²) in [5, 5.41) is 6.43. The van der Waals surface area contributed by atoms with Crippen molar-refractivity contribution in [2.45, 2.75) is 0 Å². The van der Waals surface area contributed by atoms with E-state index in [4.69, 9.17) is 17.3 Å². The number of nitrogens with two attached hydrogens (primary N) is 1. The number of hydrogen-bond acceptors (Lipinski definition) is 7. The highest BCUT2D eigenvalue weighted by Crippen LogP contribution is 2.22. The van der Waals surface area contributed by atoms with E-state index in [1.165, 1.54) is 0 Å². The zero-order valence-corrected chi connectivity index (χ0v) is 19.3. The molecule has 0 aliphatic carbocycles. The van der Waals surface area contributed by atoms with E-state index >= 15 is 0 Å². The average molecular weight is 480 g/mol. The number of carbonyl (C=O) groups is 2. The van der Waals surface area contributed by atoms with Crippen molar-refractivity contribution < 1.29 is 9.59 Å². The molecule has 1 saturated heterocycles. The molecule has 0 spiro atoms. The number of nitrogens with zero attached hydrogens (tertiary/aromatic N) is 4. The predicted molar refractivity (Wildman–Crippen MR) is 132 cm³/mol. The Labute approximate surface area is 202 Å². The quantitative estimate of drug-likeness (QED) is 0.445. The minimum atomic E-state index is -0.104. The van der Waals surface area contributed by atoms with Crippen LogP contribution in [0.15, 0.2) is 60.8 Å². The molecule has 2 heterocycles. The van der Waals surface area contributed by atoms with E-state index in [0.717, 1.165) is 16.9 Å². The van der Waals surface area contributed by atoms with E-state index in [0.29, 0.717) is 49.3 Å². The Morgan fingerprint density at radius 1 is 0.971 bits per heavy atom. The van der Waals surface area contributed by atoms with Gasteiger partial charge in [-0.25, -0.2) is 9.97 Å². The Morgan fingerprint density at radius 3 is 2.35 bits per heavy atom. The molecular formula is C24H26ClN7O2. The van der Waals surface area contributed by atoms with Gasteiger partial charge in [-0.2, -0.15) is 0 Å². The second-order valence-corrected chi connectivity index (χ2v) is 8.28. The standard InChI is InChI=1S/C24H26ClN7O2/c25-19-5-1-17(2-6-19)21-9-10-27-24(30-21)29-20-7-3-18(4-8-20)23(34)32-13-11-31(12-14-32)15-22(33)28-16-26/h1-10H,11-16,26H2,(H,28,33)(H,27,29,30). The molecule has 0 radical (unpaired) electrons. The van der Waals surface area contributed by atoms with Gasteiger partial charge in [0.2, 0.25) is 11.9 Å². The molecule has 1 aliphatic heterocycles. The molecule has 0 saturated carbocycles. The van der Waals surface area contributed by atoms with Crippen LogP contribution in [0.1, 0.15) is 10.4 Å². The van der Waals surface area contributed by atoms with Crippen LogP contribution in [0.5, 0.6) is 0 Å². The Bertz CT molecular complexity index is 1130. The summed E-state index contributed by atoms with van der Waals surface area (Å²) < 4.78 is 0. The van der Waals surface area contributed by atoms with Gasteiger partial charge in [-0.1, -0.05) is 23.7 Å². The Kier molecular flexibility index (Phi) is 7.69. The molecule has 1 aliphatic rings. The minimum absolute atomic E-state index is 0.0291. The van der Waals surface area contributed by atoms with E-state index in [1.54, 1.807) is 23.2 Å². The molecule has 0 bridgehead atoms. The van der Waals surface area contributed by atoms with Crippen LogP contribution in [-0.4, -0.2) is 71.0 Å². The first kappa shape index (κ1) is 23.6. The van der Waals surface area contributed by atoms with E-state index in [2.05, 4.69) is 20.6 Å². The summed E-state index contributed by atoms with van der Waals surface area (Å²) in [6.45, 7) is 2.85. The van der Waals surface area contributed by atoms with Gasteiger partial charge in [0.15, 0.2) is 0 Å². The SMILES string of the molecule is NCNC(=O)CN1CCN(C(=O)c2ccc(Nc3nccc(-c4ccc(Cl)cc4)n3)cc2)CC1. The maximum Gasteiger partial charge on any atom is 0.253 e. The van der Waals surface area contributed by atoms with E-state index in [1.807, 2.05) is 47.4 Å². The largest absolute Gasteiger partial charge is 0.343 e. The van der Waals surface area contributed by atoms with E-state index < -0.39 is 0 Å². The Hall–Kier alpha value is -3.53. The van der Waals surface area contributed by atoms with Gasteiger partial charge in [0.25, 0.3) is 5.91 Å². The van der Waals surface area contributed by atoms with Crippen LogP contribution in [0.3, 0.4) is 0 Å². The topological polar surface area (TPSA) is 116 Å². The average Bonchev–Trinajstić information content (AvgIpc) is 2.85. The molecule has 10 heteroatoms. The molecule has 1 aromatic heterocycles. The summed E-state index contributed by atoms with van der Waals surface area (Å²) in [4.78, 5) is 37.2. The van der Waals surface area contributed by atoms with Gasteiger partial charge in [0, 0.05) is 54.2 Å². The van der Waals surface area contributed by atoms with Crippen LogP contribution in [-0.2, 0) is 4.79 Å². The van der Waals surface area contributed by atoms with Gasteiger partial charge in [0.1, 0.15) is 0 Å². The summed E-state index contributed by atoms with van der Waals surface area (Å²) >= 11 is 5.96. The molecule has 9 nitrogen and oxygen atoms in total. The van der Waals surface area contributed by atoms with Crippen molar-refractivity contribution in [1.29, 1.82) is 0 Å². The molecule has 0 unspecified atom stereocenters. The monoisotopic (exact) mass is 479 g/mol. The minimum Gasteiger partial charge on any atom is -0.343 e. The number of benzene rings is 2. The molecule has 4 N–H and O–H groups in total. The van der Waals surface area contributed by atoms with Gasteiger partial charge in [-0.15, -0.1) is 0 Å². The van der Waals surface area contributed by atoms with Gasteiger partial charge in [-0.05, 0) is 42.5 Å². The lowest BCUT2D eigenvalue weighted by atomic mass is 10.1. The van der Waals surface area contributed by atoms with Crippen LogP contribution in [0.2, 0.25) is 5.02 Å². The van der Waals surface area contributed by atoms with Gasteiger partial charge >= 0.3 is 0 Å². The lowest BCUT2D eigenvalue weighted by Gasteiger charge is -2.34. The van der Waals surface area contributed by atoms with Gasteiger partial charge < -0.3 is 21.3 Å². The maximum atomic E-state index is 12.9. The number of amides is 2. The van der Waals surface area contributed by atoms with Crippen molar-refractivity contribution in [3.05, 3.63) is 71.4 Å². The second-order valence-electron chi connectivity index (χ2n) is 7.85. The summed E-state index contributed by atoms with van der Waals surface area (Å²) in [6, 6.07) is 16.5. The maximum absolute atomic E-state index is 12.9. The number of piperazine rings is 1. The molecule has 3 aromatic rings. The predicted octanol–water partition coefficient (Wildman–Crippen LogP) is 2.33. The number of aromatic nitrogens is 2. The number of nitrogens with one attached hydrogen (secondary N) is 2. The smallest absolute Gasteiger partial charge is 0.253 e. The number of halogens is 1. The number of hydrogen-bond donors (Lipinski definition) is 3. The summed E-state index contributed by atoms with van der Waals surface area (Å²) in [5.74, 6) is 0.327. The fourth-order valence-corrected chi connectivity index (χ4v) is 3.82. The van der Waals surface area contributed by atoms with E-state index in [9.17, 15) is 9.59 Å². The second kappa shape index (κ2) is 11.1. The summed E-state index contributed by atoms with van der Waals surface area (Å²) in [6.07, 6.45) is 1.69. The first-order valence-electron chi connectivity index (χ1n) is 11.0. The van der Waals surface area contributed by atoms with Crippen LogP contribution in [0, 0.1) is 0 Å². The van der Waals surface area contributed by atoms with Crippen molar-refractivity contribution in [3.63, 3.8) is 0 Å².